The van der Waals surface area contributed by atoms with E-state index in [2.05, 4.69) is 17.3 Å². The molecule has 1 atom stereocenters. The van der Waals surface area contributed by atoms with Crippen molar-refractivity contribution in [2.24, 2.45) is 0 Å². The van der Waals surface area contributed by atoms with E-state index >= 15 is 0 Å². The molecule has 1 aromatic carbocycles. The Balaban J connectivity index is 1.84. The Morgan fingerprint density at radius 3 is 2.95 bits per heavy atom. The van der Waals surface area contributed by atoms with Gasteiger partial charge in [0, 0.05) is 19.0 Å². The molecule has 1 aliphatic rings. The lowest BCUT2D eigenvalue weighted by atomic mass is 10.00. The minimum Gasteiger partial charge on any atom is -0.352 e. The third-order valence-corrected chi connectivity index (χ3v) is 4.71. The summed E-state index contributed by atoms with van der Waals surface area (Å²) in [7, 11) is 2.09. The molecule has 0 bridgehead atoms. The number of likely N-dealkylation sites (tertiary alicyclic amines) is 1. The molecule has 1 N–H and O–H groups in total. The van der Waals surface area contributed by atoms with Gasteiger partial charge in [-0.2, -0.15) is 0 Å². The summed E-state index contributed by atoms with van der Waals surface area (Å²) in [5.74, 6) is 0.0693. The number of amides is 1. The Bertz CT molecular complexity index is 479. The van der Waals surface area contributed by atoms with E-state index in [-0.39, 0.29) is 5.91 Å². The zero-order chi connectivity index (χ0) is 14.5. The molecule has 0 aromatic heterocycles. The summed E-state index contributed by atoms with van der Waals surface area (Å²) < 4.78 is 0. The fourth-order valence-electron chi connectivity index (χ4n) is 2.57. The van der Waals surface area contributed by atoms with Gasteiger partial charge in [0.25, 0.3) is 0 Å². The van der Waals surface area contributed by atoms with Crippen LogP contribution in [-0.4, -0.2) is 30.4 Å². The number of nitrogens with zero attached hydrogens (tertiary/aromatic N) is 1. The van der Waals surface area contributed by atoms with E-state index in [1.807, 2.05) is 12.1 Å². The maximum absolute atomic E-state index is 12.0. The number of halogens is 2. The monoisotopic (exact) mass is 314 g/mol. The summed E-state index contributed by atoms with van der Waals surface area (Å²) in [5.41, 5.74) is 0.851. The van der Waals surface area contributed by atoms with Crippen LogP contribution in [0.15, 0.2) is 18.2 Å². The molecule has 2 rings (SSSR count). The smallest absolute Gasteiger partial charge is 0.221 e. The maximum Gasteiger partial charge on any atom is 0.221 e. The lowest BCUT2D eigenvalue weighted by Crippen LogP contribution is -2.40. The molecule has 3 nitrogen and oxygen atoms in total. The van der Waals surface area contributed by atoms with Crippen molar-refractivity contribution in [3.63, 3.8) is 0 Å². The molecule has 1 unspecified atom stereocenters. The zero-order valence-electron chi connectivity index (χ0n) is 11.7. The second-order valence-corrected chi connectivity index (χ2v) is 6.11. The van der Waals surface area contributed by atoms with Crippen LogP contribution >= 0.6 is 23.2 Å². The highest BCUT2D eigenvalue weighted by Crippen LogP contribution is 2.25. The van der Waals surface area contributed by atoms with Crippen molar-refractivity contribution in [3.8, 4) is 0 Å². The van der Waals surface area contributed by atoms with Crippen molar-refractivity contribution < 1.29 is 4.79 Å². The van der Waals surface area contributed by atoms with Gasteiger partial charge in [0.15, 0.2) is 0 Å². The summed E-state index contributed by atoms with van der Waals surface area (Å²) in [4.78, 5) is 14.3. The Labute approximate surface area is 130 Å². The highest BCUT2D eigenvalue weighted by atomic mass is 35.5. The first kappa shape index (κ1) is 15.6. The van der Waals surface area contributed by atoms with Gasteiger partial charge in [-0.3, -0.25) is 4.79 Å². The Kier molecular flexibility index (Phi) is 5.70. The Morgan fingerprint density at radius 2 is 2.20 bits per heavy atom. The molecule has 1 saturated heterocycles. The molecule has 1 heterocycles. The van der Waals surface area contributed by atoms with Crippen LogP contribution in [-0.2, 0) is 11.3 Å². The van der Waals surface area contributed by atoms with E-state index < -0.39 is 0 Å². The molecule has 1 aliphatic heterocycles. The highest BCUT2D eigenvalue weighted by Gasteiger charge is 2.21. The number of benzene rings is 1. The van der Waals surface area contributed by atoms with Crippen LogP contribution in [0, 0.1) is 0 Å². The lowest BCUT2D eigenvalue weighted by Gasteiger charge is -2.31. The second-order valence-electron chi connectivity index (χ2n) is 5.32. The van der Waals surface area contributed by atoms with Gasteiger partial charge in [-0.15, -0.1) is 0 Å². The summed E-state index contributed by atoms with van der Waals surface area (Å²) >= 11 is 12.1. The molecule has 110 valence electrons. The number of hydrogen-bond acceptors (Lipinski definition) is 2. The van der Waals surface area contributed by atoms with Crippen molar-refractivity contribution in [2.45, 2.75) is 38.3 Å². The van der Waals surface area contributed by atoms with E-state index in [9.17, 15) is 4.79 Å². The molecular weight excluding hydrogens is 295 g/mol. The van der Waals surface area contributed by atoms with Gasteiger partial charge in [0.05, 0.1) is 10.0 Å². The highest BCUT2D eigenvalue weighted by molar-refractivity contribution is 6.42. The van der Waals surface area contributed by atoms with Crippen molar-refractivity contribution in [1.29, 1.82) is 0 Å². The summed E-state index contributed by atoms with van der Waals surface area (Å²) in [6.07, 6.45) is 4.09. The number of nitrogens with one attached hydrogen (secondary N) is 1. The van der Waals surface area contributed by atoms with Gasteiger partial charge in [-0.25, -0.2) is 0 Å². The van der Waals surface area contributed by atoms with Gasteiger partial charge >= 0.3 is 0 Å². The molecular formula is C15H20Cl2N2O. The number of carbonyl (C=O) groups excluding carboxylic acids is 1. The predicted molar refractivity (Wildman–Crippen MR) is 83.2 cm³/mol. The average molecular weight is 315 g/mol. The summed E-state index contributed by atoms with van der Waals surface area (Å²) in [6.45, 7) is 1.51. The number of rotatable bonds is 4. The third kappa shape index (κ3) is 4.11. The SMILES string of the molecule is CN1CCCCC1CC(=O)NCc1cccc(Cl)c1Cl. The molecule has 1 aromatic rings. The van der Waals surface area contributed by atoms with Crippen LogP contribution in [0.2, 0.25) is 10.0 Å². The quantitative estimate of drug-likeness (QED) is 0.922. The third-order valence-electron chi connectivity index (χ3n) is 3.85. The first-order valence-electron chi connectivity index (χ1n) is 6.97. The Hall–Kier alpha value is -0.770. The van der Waals surface area contributed by atoms with Crippen LogP contribution in [0.5, 0.6) is 0 Å². The van der Waals surface area contributed by atoms with Crippen LogP contribution in [0.3, 0.4) is 0 Å². The van der Waals surface area contributed by atoms with Gasteiger partial charge in [-0.05, 0) is 38.1 Å². The molecule has 0 radical (unpaired) electrons. The summed E-state index contributed by atoms with van der Waals surface area (Å²) in [6, 6.07) is 5.82. The average Bonchev–Trinajstić information content (AvgIpc) is 2.43. The van der Waals surface area contributed by atoms with E-state index in [0.29, 0.717) is 29.1 Å². The van der Waals surface area contributed by atoms with Crippen molar-refractivity contribution in [1.82, 2.24) is 10.2 Å². The van der Waals surface area contributed by atoms with Crippen molar-refractivity contribution >= 4 is 29.1 Å². The second kappa shape index (κ2) is 7.30. The topological polar surface area (TPSA) is 32.3 Å². The number of piperidine rings is 1. The fourth-order valence-corrected chi connectivity index (χ4v) is 2.95. The van der Waals surface area contributed by atoms with Crippen LogP contribution in [0.1, 0.15) is 31.2 Å². The molecule has 1 fully saturated rings. The number of hydrogen-bond donors (Lipinski definition) is 1. The van der Waals surface area contributed by atoms with Crippen LogP contribution < -0.4 is 5.32 Å². The van der Waals surface area contributed by atoms with E-state index in [1.54, 1.807) is 6.07 Å². The minimum absolute atomic E-state index is 0.0693. The van der Waals surface area contributed by atoms with Crippen molar-refractivity contribution in [2.75, 3.05) is 13.6 Å². The van der Waals surface area contributed by atoms with Gasteiger partial charge < -0.3 is 10.2 Å². The van der Waals surface area contributed by atoms with Gasteiger partial charge in [-0.1, -0.05) is 41.8 Å². The molecule has 20 heavy (non-hydrogen) atoms. The number of carbonyl (C=O) groups is 1. The van der Waals surface area contributed by atoms with Crippen LogP contribution in [0.25, 0.3) is 0 Å². The van der Waals surface area contributed by atoms with Crippen molar-refractivity contribution in [3.05, 3.63) is 33.8 Å². The molecule has 0 spiro atoms. The van der Waals surface area contributed by atoms with E-state index in [4.69, 9.17) is 23.2 Å². The largest absolute Gasteiger partial charge is 0.352 e. The Morgan fingerprint density at radius 1 is 1.40 bits per heavy atom. The molecule has 1 amide bonds. The standard InChI is InChI=1S/C15H20Cl2N2O/c1-19-8-3-2-6-12(19)9-14(20)18-10-11-5-4-7-13(16)15(11)17/h4-5,7,12H,2-3,6,8-10H2,1H3,(H,18,20). The first-order chi connectivity index (χ1) is 9.58. The van der Waals surface area contributed by atoms with E-state index in [0.717, 1.165) is 18.5 Å². The first-order valence-corrected chi connectivity index (χ1v) is 7.73. The fraction of sp³-hybridized carbons (Fsp3) is 0.533. The minimum atomic E-state index is 0.0693. The van der Waals surface area contributed by atoms with Crippen LogP contribution in [0.4, 0.5) is 0 Å². The lowest BCUT2D eigenvalue weighted by molar-refractivity contribution is -0.122. The molecule has 0 saturated carbocycles. The van der Waals surface area contributed by atoms with Gasteiger partial charge in [0.1, 0.15) is 0 Å². The zero-order valence-corrected chi connectivity index (χ0v) is 13.2. The predicted octanol–water partition coefficient (Wildman–Crippen LogP) is 3.48. The molecule has 0 aliphatic carbocycles. The van der Waals surface area contributed by atoms with E-state index in [1.165, 1.54) is 12.8 Å². The maximum atomic E-state index is 12.0. The summed E-state index contributed by atoms with van der Waals surface area (Å²) in [5, 5.41) is 3.96. The normalized spacial score (nSPS) is 19.9. The molecule has 5 heteroatoms. The van der Waals surface area contributed by atoms with Gasteiger partial charge in [0.2, 0.25) is 5.91 Å².